The molecule has 4 fully saturated rings. The predicted octanol–water partition coefficient (Wildman–Crippen LogP) is 9.64. The van der Waals surface area contributed by atoms with E-state index in [1.165, 1.54) is 60.9 Å². The van der Waals surface area contributed by atoms with Crippen LogP contribution in [0.4, 0.5) is 21.5 Å². The summed E-state index contributed by atoms with van der Waals surface area (Å²) in [6.45, 7) is 14.0. The maximum Gasteiger partial charge on any atom is 0.297 e. The van der Waals surface area contributed by atoms with Crippen LogP contribution in [0.5, 0.6) is 17.2 Å². The number of H-pyrrole nitrogens is 1. The maximum atomic E-state index is 14.9. The van der Waals surface area contributed by atoms with Gasteiger partial charge in [0.05, 0.1) is 32.4 Å². The van der Waals surface area contributed by atoms with Gasteiger partial charge in [-0.25, -0.2) is 22.5 Å². The molecule has 3 aliphatic heterocycles. The van der Waals surface area contributed by atoms with Crippen LogP contribution >= 0.6 is 0 Å². The third-order valence-corrected chi connectivity index (χ3v) is 17.0. The third kappa shape index (κ3) is 9.04. The number of amides is 1. The number of anilines is 2. The fraction of sp³-hybridized carbons (Fsp3) is 0.462. The predicted molar refractivity (Wildman–Crippen MR) is 262 cm³/mol. The molecule has 2 aromatic heterocycles. The normalized spacial score (nSPS) is 24.6. The summed E-state index contributed by atoms with van der Waals surface area (Å²) in [6, 6.07) is 17.6. The first-order chi connectivity index (χ1) is 33.0. The molecule has 1 spiro atoms. The number of piperidine rings is 1. The molecule has 5 aliphatic rings. The van der Waals surface area contributed by atoms with Gasteiger partial charge in [0.25, 0.3) is 21.6 Å². The van der Waals surface area contributed by atoms with Gasteiger partial charge in [-0.3, -0.25) is 19.8 Å². The average molecular weight is 962 g/mol. The summed E-state index contributed by atoms with van der Waals surface area (Å²) in [7, 11) is -4.74. The van der Waals surface area contributed by atoms with Gasteiger partial charge >= 0.3 is 0 Å². The Balaban J connectivity index is 0.884. The minimum Gasteiger partial charge on any atom is -0.489 e. The molecule has 3 aromatic carbocycles. The second kappa shape index (κ2) is 18.0. The van der Waals surface area contributed by atoms with E-state index in [-0.39, 0.29) is 69.2 Å². The molecular formula is C52H60FN7O8S. The molecule has 17 heteroatoms. The highest BCUT2D eigenvalue weighted by Gasteiger charge is 2.49. The summed E-state index contributed by atoms with van der Waals surface area (Å²) in [5.74, 6) is -0.471. The monoisotopic (exact) mass is 961 g/mol. The Hall–Kier alpha value is -6.04. The van der Waals surface area contributed by atoms with Crippen LogP contribution in [0.3, 0.4) is 0 Å². The quantitative estimate of drug-likeness (QED) is 0.0685. The number of aliphatic hydroxyl groups is 1. The molecule has 2 aliphatic carbocycles. The molecule has 2 saturated carbocycles. The van der Waals surface area contributed by atoms with Crippen molar-refractivity contribution < 1.29 is 37.1 Å². The Bertz CT molecular complexity index is 2930. The van der Waals surface area contributed by atoms with Gasteiger partial charge < -0.3 is 29.8 Å². The summed E-state index contributed by atoms with van der Waals surface area (Å²) in [5, 5.41) is 26.3. The van der Waals surface area contributed by atoms with Crippen molar-refractivity contribution in [2.24, 2.45) is 11.3 Å². The number of aromatic nitrogens is 2. The number of nitrogens with zero attached hydrogens (tertiary/aromatic N) is 4. The number of hydrogen-bond acceptors (Lipinski definition) is 12. The number of carbonyl (C=O) groups is 1. The topological polar surface area (TPSA) is 192 Å². The van der Waals surface area contributed by atoms with Gasteiger partial charge in [0, 0.05) is 62.3 Å². The molecule has 5 aromatic rings. The fourth-order valence-corrected chi connectivity index (χ4v) is 12.8. The molecule has 364 valence electrons. The van der Waals surface area contributed by atoms with Gasteiger partial charge in [-0.05, 0) is 117 Å². The fourth-order valence-electron chi connectivity index (χ4n) is 11.8. The zero-order valence-electron chi connectivity index (χ0n) is 39.3. The Kier molecular flexibility index (Phi) is 12.2. The number of hydrogen-bond donors (Lipinski definition) is 4. The van der Waals surface area contributed by atoms with E-state index in [9.17, 15) is 32.8 Å². The Labute approximate surface area is 401 Å². The summed E-state index contributed by atoms with van der Waals surface area (Å²) in [5.41, 5.74) is 3.06. The highest BCUT2D eigenvalue weighted by atomic mass is 32.2. The van der Waals surface area contributed by atoms with Crippen molar-refractivity contribution in [2.75, 3.05) is 43.0 Å². The third-order valence-electron chi connectivity index (χ3n) is 15.7. The van der Waals surface area contributed by atoms with E-state index in [1.54, 1.807) is 19.1 Å². The number of nitrogens with one attached hydrogen (secondary N) is 3. The van der Waals surface area contributed by atoms with Crippen LogP contribution in [-0.2, 0) is 10.0 Å². The summed E-state index contributed by atoms with van der Waals surface area (Å²) < 4.78 is 57.5. The van der Waals surface area contributed by atoms with Gasteiger partial charge in [-0.1, -0.05) is 51.1 Å². The van der Waals surface area contributed by atoms with Gasteiger partial charge in [-0.2, -0.15) is 0 Å². The molecule has 0 radical (unpaired) electrons. The molecule has 1 amide bonds. The van der Waals surface area contributed by atoms with Crippen molar-refractivity contribution >= 4 is 50.1 Å². The van der Waals surface area contributed by atoms with Crippen LogP contribution < -0.4 is 24.4 Å². The van der Waals surface area contributed by atoms with Crippen LogP contribution in [0.2, 0.25) is 0 Å². The van der Waals surface area contributed by atoms with Gasteiger partial charge in [0.1, 0.15) is 29.5 Å². The van der Waals surface area contributed by atoms with Gasteiger partial charge in [-0.15, -0.1) is 0 Å². The van der Waals surface area contributed by atoms with Gasteiger partial charge in [0.15, 0.2) is 17.2 Å². The number of sulfonamides is 1. The first kappa shape index (κ1) is 46.7. The number of aromatic amines is 1. The Morgan fingerprint density at radius 3 is 2.54 bits per heavy atom. The van der Waals surface area contributed by atoms with Crippen molar-refractivity contribution in [3.63, 3.8) is 0 Å². The highest BCUT2D eigenvalue weighted by molar-refractivity contribution is 7.90. The number of likely N-dealkylation sites (tertiary alicyclic amines) is 1. The number of pyridine rings is 1. The number of benzene rings is 3. The molecule has 10 rings (SSSR count). The van der Waals surface area contributed by atoms with Crippen molar-refractivity contribution in [3.05, 3.63) is 112 Å². The summed E-state index contributed by atoms with van der Waals surface area (Å²) in [4.78, 5) is 37.6. The zero-order chi connectivity index (χ0) is 48.4. The minimum atomic E-state index is -4.74. The largest absolute Gasteiger partial charge is 0.489 e. The Morgan fingerprint density at radius 1 is 1.06 bits per heavy atom. The van der Waals surface area contributed by atoms with E-state index in [1.807, 2.05) is 0 Å². The number of halogens is 1. The van der Waals surface area contributed by atoms with Crippen LogP contribution in [0.15, 0.2) is 78.3 Å². The van der Waals surface area contributed by atoms with E-state index in [2.05, 4.69) is 74.5 Å². The molecule has 0 bridgehead atoms. The first-order valence-electron chi connectivity index (χ1n) is 24.2. The van der Waals surface area contributed by atoms with Crippen LogP contribution in [0.25, 0.3) is 17.1 Å². The molecular weight excluding hydrogens is 902 g/mol. The maximum absolute atomic E-state index is 14.9. The summed E-state index contributed by atoms with van der Waals surface area (Å²) >= 11 is 0. The Morgan fingerprint density at radius 2 is 1.81 bits per heavy atom. The van der Waals surface area contributed by atoms with E-state index >= 15 is 0 Å². The SMILES string of the molecule is C=Cc1nc2[nH]cc(F)c2cc1Oc1cc(N2CCC3(CC2)CN([C@H]2CCC[C@H]2c2ccccc2C(C)C)C3)ccc1C(=O)NS(=O)(=O)c1cc2c(c([N+](=O)[O-])c1)N[C@@H](C1CCC(C)(O)CC1)CO2. The van der Waals surface area contributed by atoms with Crippen molar-refractivity contribution in [1.29, 1.82) is 0 Å². The molecule has 15 nitrogen and oxygen atoms in total. The first-order valence-corrected chi connectivity index (χ1v) is 25.7. The molecule has 2 saturated heterocycles. The van der Waals surface area contributed by atoms with Crippen LogP contribution in [0, 0.1) is 27.3 Å². The summed E-state index contributed by atoms with van der Waals surface area (Å²) in [6.07, 6.45) is 10.8. The number of nitro groups is 1. The minimum absolute atomic E-state index is 0.0105. The lowest BCUT2D eigenvalue weighted by Crippen LogP contribution is -2.63. The number of nitro benzene ring substituents is 1. The molecule has 69 heavy (non-hydrogen) atoms. The van der Waals surface area contributed by atoms with E-state index in [0.717, 1.165) is 50.8 Å². The van der Waals surface area contributed by atoms with Crippen LogP contribution in [-0.4, -0.2) is 89.7 Å². The van der Waals surface area contributed by atoms with Crippen molar-refractivity contribution in [3.8, 4) is 17.2 Å². The smallest absolute Gasteiger partial charge is 0.297 e. The lowest BCUT2D eigenvalue weighted by atomic mass is 9.70. The second-order valence-electron chi connectivity index (χ2n) is 20.6. The molecule has 0 unspecified atom stereocenters. The zero-order valence-corrected chi connectivity index (χ0v) is 40.1. The molecule has 3 atom stereocenters. The van der Waals surface area contributed by atoms with Crippen molar-refractivity contribution in [2.45, 2.75) is 113 Å². The van der Waals surface area contributed by atoms with Crippen molar-refractivity contribution in [1.82, 2.24) is 19.6 Å². The van der Waals surface area contributed by atoms with E-state index in [0.29, 0.717) is 43.6 Å². The van der Waals surface area contributed by atoms with E-state index in [4.69, 9.17) is 9.47 Å². The molecule has 4 N–H and O–H groups in total. The second-order valence-corrected chi connectivity index (χ2v) is 22.3. The van der Waals surface area contributed by atoms with Gasteiger partial charge in [0.2, 0.25) is 0 Å². The highest BCUT2D eigenvalue weighted by Crippen LogP contribution is 2.49. The van der Waals surface area contributed by atoms with E-state index < -0.39 is 42.9 Å². The average Bonchev–Trinajstić information content (AvgIpc) is 3.96. The number of carbonyl (C=O) groups excluding carboxylic acids is 1. The number of ether oxygens (including phenoxy) is 2. The molecule has 5 heterocycles. The lowest BCUT2D eigenvalue weighted by Gasteiger charge is -2.57. The number of fused-ring (bicyclic) bond motifs is 2. The standard InChI is InChI=1S/C52H60FN7O8S/c1-5-41-46(26-39-40(53)27-54-49(39)56-41)68-45-23-33(58-21-19-52(20-22-58)29-59(30-52)43-12-8-11-37(43)36-10-7-6-9-35(36)31(2)3)13-14-38(45)50(61)57-69(65,66)34-24-44(60(63)64)48-47(25-34)67-28-42(55-48)32-15-17-51(4,62)18-16-32/h5-7,9-10,13-14,23-27,31-32,37,42-43,55,62H,1,8,11-12,15-22,28-30H2,2-4H3,(H,54,56)(H,57,61)/t32?,37-,42+,43-,51?/m0/s1. The number of rotatable bonds is 12. The lowest BCUT2D eigenvalue weighted by molar-refractivity contribution is -0.384. The van der Waals surface area contributed by atoms with Crippen LogP contribution in [0.1, 0.15) is 118 Å².